The van der Waals surface area contributed by atoms with Gasteiger partial charge in [0.2, 0.25) is 0 Å². The number of phenolic OH excluding ortho intramolecular Hbond substituents is 1. The number of carbonyl (C=O) groups is 1. The van der Waals surface area contributed by atoms with Gasteiger partial charge in [0.25, 0.3) is 5.91 Å². The molecule has 0 aliphatic carbocycles. The number of H-pyrrole nitrogens is 1. The Bertz CT molecular complexity index is 848. The lowest BCUT2D eigenvalue weighted by atomic mass is 10.1. The van der Waals surface area contributed by atoms with Crippen LogP contribution in [0.25, 0.3) is 10.9 Å². The minimum Gasteiger partial charge on any atom is -0.508 e. The maximum atomic E-state index is 12.2. The molecule has 0 unspecified atom stereocenters. The molecule has 3 aromatic rings. The molecule has 1 heterocycles. The van der Waals surface area contributed by atoms with E-state index in [1.807, 2.05) is 31.2 Å². The van der Waals surface area contributed by atoms with Gasteiger partial charge in [-0.15, -0.1) is 0 Å². The molecule has 0 aliphatic heterocycles. The Balaban J connectivity index is 1.76. The summed E-state index contributed by atoms with van der Waals surface area (Å²) >= 11 is 0. The summed E-state index contributed by atoms with van der Waals surface area (Å²) in [4.78, 5) is 15.3. The molecule has 0 bridgehead atoms. The van der Waals surface area contributed by atoms with Crippen LogP contribution in [0, 0.1) is 6.92 Å². The maximum absolute atomic E-state index is 12.2. The first-order valence-electron chi connectivity index (χ1n) is 6.85. The third-order valence-electron chi connectivity index (χ3n) is 3.47. The molecular formula is C17H15N3O2. The number of nitrogens with one attached hydrogen (secondary N) is 2. The predicted molar refractivity (Wildman–Crippen MR) is 86.2 cm³/mol. The average Bonchev–Trinajstić information content (AvgIpc) is 2.87. The van der Waals surface area contributed by atoms with E-state index in [2.05, 4.69) is 15.5 Å². The summed E-state index contributed by atoms with van der Waals surface area (Å²) in [7, 11) is 0. The van der Waals surface area contributed by atoms with Crippen molar-refractivity contribution in [3.05, 3.63) is 65.4 Å². The minimum atomic E-state index is -0.288. The molecule has 1 aromatic heterocycles. The number of rotatable bonds is 3. The van der Waals surface area contributed by atoms with Crippen molar-refractivity contribution >= 4 is 23.0 Å². The Morgan fingerprint density at radius 2 is 1.91 bits per heavy atom. The van der Waals surface area contributed by atoms with E-state index in [9.17, 15) is 9.90 Å². The number of hydrogen-bond donors (Lipinski definition) is 3. The third kappa shape index (κ3) is 2.69. The summed E-state index contributed by atoms with van der Waals surface area (Å²) < 4.78 is 0. The van der Waals surface area contributed by atoms with E-state index in [-0.39, 0.29) is 11.7 Å². The zero-order chi connectivity index (χ0) is 15.5. The fourth-order valence-electron chi connectivity index (χ4n) is 2.29. The van der Waals surface area contributed by atoms with Crippen molar-refractivity contribution in [3.63, 3.8) is 0 Å². The fourth-order valence-corrected chi connectivity index (χ4v) is 2.29. The number of phenols is 1. The summed E-state index contributed by atoms with van der Waals surface area (Å²) in [5, 5.41) is 14.2. The monoisotopic (exact) mass is 293 g/mol. The molecule has 3 N–H and O–H groups in total. The number of hydrogen-bond acceptors (Lipinski definition) is 3. The lowest BCUT2D eigenvalue weighted by Crippen LogP contribution is -2.18. The molecule has 0 atom stereocenters. The molecule has 0 aliphatic rings. The molecule has 2 aromatic carbocycles. The van der Waals surface area contributed by atoms with Gasteiger partial charge in [0.05, 0.1) is 6.21 Å². The molecule has 0 fully saturated rings. The fraction of sp³-hybridized carbons (Fsp3) is 0.0588. The highest BCUT2D eigenvalue weighted by atomic mass is 16.3. The number of fused-ring (bicyclic) bond motifs is 1. The van der Waals surface area contributed by atoms with Crippen LogP contribution in [0.1, 0.15) is 21.6 Å². The molecule has 5 heteroatoms. The SMILES string of the molecule is Cc1c(C(=O)NN=Cc2ccc(O)cc2)[nH]c2ccccc12. The number of benzene rings is 2. The van der Waals surface area contributed by atoms with Gasteiger partial charge in [0.15, 0.2) is 0 Å². The quantitative estimate of drug-likeness (QED) is 0.513. The van der Waals surface area contributed by atoms with Crippen molar-refractivity contribution in [1.82, 2.24) is 10.4 Å². The van der Waals surface area contributed by atoms with Crippen LogP contribution in [0.2, 0.25) is 0 Å². The molecular weight excluding hydrogens is 278 g/mol. The number of para-hydroxylation sites is 1. The molecule has 0 radical (unpaired) electrons. The van der Waals surface area contributed by atoms with Crippen LogP contribution in [0.15, 0.2) is 53.6 Å². The summed E-state index contributed by atoms with van der Waals surface area (Å²) in [6.45, 7) is 1.90. The van der Waals surface area contributed by atoms with Gasteiger partial charge in [-0.2, -0.15) is 5.10 Å². The molecule has 3 rings (SSSR count). The van der Waals surface area contributed by atoms with Gasteiger partial charge >= 0.3 is 0 Å². The van der Waals surface area contributed by atoms with Crippen molar-refractivity contribution in [2.45, 2.75) is 6.92 Å². The zero-order valence-electron chi connectivity index (χ0n) is 12.0. The number of aromatic hydroxyl groups is 1. The molecule has 5 nitrogen and oxygen atoms in total. The van der Waals surface area contributed by atoms with Gasteiger partial charge in [-0.25, -0.2) is 5.43 Å². The highest BCUT2D eigenvalue weighted by Gasteiger charge is 2.13. The van der Waals surface area contributed by atoms with E-state index >= 15 is 0 Å². The lowest BCUT2D eigenvalue weighted by molar-refractivity contribution is 0.0950. The van der Waals surface area contributed by atoms with E-state index in [4.69, 9.17) is 0 Å². The number of nitrogens with zero attached hydrogens (tertiary/aromatic N) is 1. The van der Waals surface area contributed by atoms with Crippen LogP contribution in [0.3, 0.4) is 0 Å². The van der Waals surface area contributed by atoms with Crippen LogP contribution in [0.5, 0.6) is 5.75 Å². The Morgan fingerprint density at radius 3 is 2.64 bits per heavy atom. The van der Waals surface area contributed by atoms with E-state index in [1.165, 1.54) is 6.21 Å². The standard InChI is InChI=1S/C17H15N3O2/c1-11-14-4-2-3-5-15(14)19-16(11)17(22)20-18-10-12-6-8-13(21)9-7-12/h2-10,19,21H,1H3,(H,20,22). The van der Waals surface area contributed by atoms with E-state index < -0.39 is 0 Å². The highest BCUT2D eigenvalue weighted by molar-refractivity contribution is 6.01. The largest absolute Gasteiger partial charge is 0.508 e. The Labute approximate surface area is 127 Å². The van der Waals surface area contributed by atoms with E-state index in [0.717, 1.165) is 22.0 Å². The molecule has 1 amide bonds. The molecule has 0 saturated carbocycles. The van der Waals surface area contributed by atoms with Gasteiger partial charge in [-0.3, -0.25) is 4.79 Å². The smallest absolute Gasteiger partial charge is 0.288 e. The van der Waals surface area contributed by atoms with Crippen molar-refractivity contribution in [2.24, 2.45) is 5.10 Å². The number of aromatic nitrogens is 1. The summed E-state index contributed by atoms with van der Waals surface area (Å²) in [5.74, 6) is -0.0985. The first-order chi connectivity index (χ1) is 10.6. The number of carbonyl (C=O) groups excluding carboxylic acids is 1. The topological polar surface area (TPSA) is 77.5 Å². The Hall–Kier alpha value is -3.08. The van der Waals surface area contributed by atoms with Gasteiger partial charge in [-0.1, -0.05) is 18.2 Å². The predicted octanol–water partition coefficient (Wildman–Crippen LogP) is 2.95. The van der Waals surface area contributed by atoms with Crippen molar-refractivity contribution in [1.29, 1.82) is 0 Å². The number of aromatic amines is 1. The molecule has 110 valence electrons. The van der Waals surface area contributed by atoms with Crippen LogP contribution in [0.4, 0.5) is 0 Å². The van der Waals surface area contributed by atoms with Gasteiger partial charge in [-0.05, 0) is 48.4 Å². The Kier molecular flexibility index (Phi) is 3.62. The van der Waals surface area contributed by atoms with E-state index in [0.29, 0.717) is 5.69 Å². The first kappa shape index (κ1) is 13.9. The van der Waals surface area contributed by atoms with Crippen molar-refractivity contribution in [2.75, 3.05) is 0 Å². The van der Waals surface area contributed by atoms with Gasteiger partial charge < -0.3 is 10.1 Å². The zero-order valence-corrected chi connectivity index (χ0v) is 12.0. The highest BCUT2D eigenvalue weighted by Crippen LogP contribution is 2.21. The third-order valence-corrected chi connectivity index (χ3v) is 3.47. The molecule has 22 heavy (non-hydrogen) atoms. The van der Waals surface area contributed by atoms with Crippen LogP contribution in [-0.2, 0) is 0 Å². The number of hydrazone groups is 1. The first-order valence-corrected chi connectivity index (χ1v) is 6.85. The maximum Gasteiger partial charge on any atom is 0.288 e. The van der Waals surface area contributed by atoms with Crippen LogP contribution < -0.4 is 5.43 Å². The summed E-state index contributed by atoms with van der Waals surface area (Å²) in [6, 6.07) is 14.3. The second kappa shape index (κ2) is 5.73. The second-order valence-electron chi connectivity index (χ2n) is 4.96. The Morgan fingerprint density at radius 1 is 1.18 bits per heavy atom. The molecule has 0 saturated heterocycles. The van der Waals surface area contributed by atoms with Gasteiger partial charge in [0.1, 0.15) is 11.4 Å². The van der Waals surface area contributed by atoms with Crippen molar-refractivity contribution in [3.8, 4) is 5.75 Å². The summed E-state index contributed by atoms with van der Waals surface area (Å²) in [6.07, 6.45) is 1.52. The number of amides is 1. The average molecular weight is 293 g/mol. The van der Waals surface area contributed by atoms with Crippen LogP contribution in [-0.4, -0.2) is 22.2 Å². The van der Waals surface area contributed by atoms with Crippen molar-refractivity contribution < 1.29 is 9.90 Å². The number of aryl methyl sites for hydroxylation is 1. The molecule has 0 spiro atoms. The lowest BCUT2D eigenvalue weighted by Gasteiger charge is -1.99. The van der Waals surface area contributed by atoms with E-state index in [1.54, 1.807) is 24.3 Å². The second-order valence-corrected chi connectivity index (χ2v) is 4.96. The normalized spacial score (nSPS) is 11.1. The van der Waals surface area contributed by atoms with Gasteiger partial charge in [0, 0.05) is 10.9 Å². The minimum absolute atomic E-state index is 0.190. The van der Waals surface area contributed by atoms with Crippen LogP contribution >= 0.6 is 0 Å². The summed E-state index contributed by atoms with van der Waals surface area (Å²) in [5.41, 5.74) is 5.61.